The molecule has 1 fully saturated rings. The summed E-state index contributed by atoms with van der Waals surface area (Å²) in [6, 6.07) is 2.95. The van der Waals surface area contributed by atoms with Crippen LogP contribution in [0.1, 0.15) is 43.0 Å². The molecule has 15 heavy (non-hydrogen) atoms. The lowest BCUT2D eigenvalue weighted by Gasteiger charge is -2.37. The molecule has 0 spiro atoms. The van der Waals surface area contributed by atoms with Crippen LogP contribution < -0.4 is 5.32 Å². The minimum atomic E-state index is 0.620. The molecule has 2 unspecified atom stereocenters. The summed E-state index contributed by atoms with van der Waals surface area (Å²) in [5.74, 6) is 1.71. The van der Waals surface area contributed by atoms with Crippen molar-refractivity contribution in [3.8, 4) is 0 Å². The minimum absolute atomic E-state index is 0.620. The molecule has 1 aliphatic rings. The van der Waals surface area contributed by atoms with E-state index >= 15 is 0 Å². The van der Waals surface area contributed by atoms with Crippen molar-refractivity contribution in [2.24, 2.45) is 5.92 Å². The summed E-state index contributed by atoms with van der Waals surface area (Å²) < 4.78 is 0. The molecule has 1 aliphatic carbocycles. The van der Waals surface area contributed by atoms with Gasteiger partial charge in [-0.3, -0.25) is 0 Å². The van der Waals surface area contributed by atoms with E-state index in [1.807, 2.05) is 11.3 Å². The third-order valence-corrected chi connectivity index (χ3v) is 4.37. The van der Waals surface area contributed by atoms with Crippen LogP contribution in [0.3, 0.4) is 0 Å². The second-order valence-corrected chi connectivity index (χ2v) is 6.06. The van der Waals surface area contributed by atoms with E-state index in [2.05, 4.69) is 37.5 Å². The van der Waals surface area contributed by atoms with Crippen LogP contribution in [0.5, 0.6) is 0 Å². The first-order valence-corrected chi connectivity index (χ1v) is 6.84. The normalized spacial score (nSPS) is 25.6. The molecule has 2 rings (SSSR count). The molecule has 1 heterocycles. The predicted molar refractivity (Wildman–Crippen MR) is 67.7 cm³/mol. The van der Waals surface area contributed by atoms with Gasteiger partial charge in [-0.1, -0.05) is 13.8 Å². The van der Waals surface area contributed by atoms with E-state index in [9.17, 15) is 0 Å². The second-order valence-electron chi connectivity index (χ2n) is 4.94. The third-order valence-electron chi connectivity index (χ3n) is 3.50. The Bertz CT molecular complexity index is 316. The molecule has 0 saturated heterocycles. The first-order valence-electron chi connectivity index (χ1n) is 5.96. The lowest BCUT2D eigenvalue weighted by molar-refractivity contribution is 0.240. The highest BCUT2D eigenvalue weighted by atomic mass is 32.1. The summed E-state index contributed by atoms with van der Waals surface area (Å²) in [6.45, 7) is 7.90. The van der Waals surface area contributed by atoms with Gasteiger partial charge in [0.2, 0.25) is 0 Å². The summed E-state index contributed by atoms with van der Waals surface area (Å²) >= 11 is 1.89. The Balaban J connectivity index is 1.92. The van der Waals surface area contributed by atoms with Gasteiger partial charge in [-0.2, -0.15) is 0 Å². The van der Waals surface area contributed by atoms with Crippen LogP contribution in [0.25, 0.3) is 0 Å². The molecule has 1 N–H and O–H groups in total. The summed E-state index contributed by atoms with van der Waals surface area (Å²) in [6.07, 6.45) is 2.79. The number of rotatable bonds is 4. The first-order chi connectivity index (χ1) is 7.18. The van der Waals surface area contributed by atoms with Crippen molar-refractivity contribution in [3.63, 3.8) is 0 Å². The predicted octanol–water partition coefficient (Wildman–Crippen LogP) is 3.55. The molecule has 1 aromatic heterocycles. The number of nitrogens with one attached hydrogen (secondary N) is 1. The zero-order chi connectivity index (χ0) is 10.8. The van der Waals surface area contributed by atoms with Gasteiger partial charge in [0, 0.05) is 10.9 Å². The Labute approximate surface area is 96.9 Å². The van der Waals surface area contributed by atoms with Crippen LogP contribution in [0, 0.1) is 12.8 Å². The Hall–Kier alpha value is -0.340. The van der Waals surface area contributed by atoms with Crippen molar-refractivity contribution >= 4 is 11.3 Å². The van der Waals surface area contributed by atoms with Crippen molar-refractivity contribution in [1.82, 2.24) is 5.32 Å². The molecule has 1 nitrogen and oxygen atoms in total. The number of aryl methyl sites for hydroxylation is 1. The summed E-state index contributed by atoms with van der Waals surface area (Å²) in [4.78, 5) is 1.52. The summed E-state index contributed by atoms with van der Waals surface area (Å²) in [5.41, 5.74) is 1.61. The Morgan fingerprint density at radius 3 is 2.73 bits per heavy atom. The second kappa shape index (κ2) is 4.67. The molecule has 0 amide bonds. The van der Waals surface area contributed by atoms with Gasteiger partial charge >= 0.3 is 0 Å². The van der Waals surface area contributed by atoms with Crippen LogP contribution in [-0.4, -0.2) is 12.6 Å². The smallest absolute Gasteiger partial charge is 0.00491 e. The lowest BCUT2D eigenvalue weighted by atomic mass is 9.70. The molecule has 1 aromatic rings. The highest BCUT2D eigenvalue weighted by molar-refractivity contribution is 7.10. The maximum Gasteiger partial charge on any atom is 0.00491 e. The van der Waals surface area contributed by atoms with Crippen molar-refractivity contribution in [3.05, 3.63) is 21.9 Å². The molecule has 0 bridgehead atoms. The molecule has 0 radical (unpaired) electrons. The van der Waals surface area contributed by atoms with Gasteiger partial charge in [-0.25, -0.2) is 0 Å². The van der Waals surface area contributed by atoms with E-state index < -0.39 is 0 Å². The average Bonchev–Trinajstić information content (AvgIpc) is 2.50. The maximum atomic E-state index is 3.56. The van der Waals surface area contributed by atoms with E-state index in [4.69, 9.17) is 0 Å². The van der Waals surface area contributed by atoms with Gasteiger partial charge in [0.1, 0.15) is 0 Å². The highest BCUT2D eigenvalue weighted by Gasteiger charge is 2.32. The standard InChI is InChI=1S/C13H21NS/c1-9(2)14-8-11-4-5-13(11)12-6-7-15-10(12)3/h6-7,9,11,13-14H,4-5,8H2,1-3H3. The minimum Gasteiger partial charge on any atom is -0.314 e. The van der Waals surface area contributed by atoms with Crippen LogP contribution in [0.15, 0.2) is 11.4 Å². The number of hydrogen-bond acceptors (Lipinski definition) is 2. The monoisotopic (exact) mass is 223 g/mol. The molecular weight excluding hydrogens is 202 g/mol. The average molecular weight is 223 g/mol. The number of thiophene rings is 1. The van der Waals surface area contributed by atoms with E-state index in [0.717, 1.165) is 11.8 Å². The maximum absolute atomic E-state index is 3.56. The van der Waals surface area contributed by atoms with E-state index in [0.29, 0.717) is 6.04 Å². The first kappa shape index (κ1) is 11.2. The zero-order valence-electron chi connectivity index (χ0n) is 9.92. The third kappa shape index (κ3) is 2.43. The summed E-state index contributed by atoms with van der Waals surface area (Å²) in [5, 5.41) is 5.79. The fraction of sp³-hybridized carbons (Fsp3) is 0.692. The van der Waals surface area contributed by atoms with E-state index in [1.54, 1.807) is 5.56 Å². The topological polar surface area (TPSA) is 12.0 Å². The van der Waals surface area contributed by atoms with E-state index in [-0.39, 0.29) is 0 Å². The summed E-state index contributed by atoms with van der Waals surface area (Å²) in [7, 11) is 0. The molecule has 0 aromatic carbocycles. The Kier molecular flexibility index (Phi) is 3.47. The van der Waals surface area contributed by atoms with Crippen LogP contribution in [0.4, 0.5) is 0 Å². The fourth-order valence-corrected chi connectivity index (χ4v) is 3.16. The van der Waals surface area contributed by atoms with Gasteiger partial charge in [-0.15, -0.1) is 11.3 Å². The molecular formula is C13H21NS. The van der Waals surface area contributed by atoms with Crippen molar-refractivity contribution in [2.45, 2.75) is 45.6 Å². The SMILES string of the molecule is Cc1sccc1C1CCC1CNC(C)C. The molecule has 2 heteroatoms. The van der Waals surface area contributed by atoms with Gasteiger partial charge in [-0.05, 0) is 55.2 Å². The lowest BCUT2D eigenvalue weighted by Crippen LogP contribution is -2.36. The zero-order valence-corrected chi connectivity index (χ0v) is 10.7. The van der Waals surface area contributed by atoms with Gasteiger partial charge < -0.3 is 5.32 Å². The van der Waals surface area contributed by atoms with Crippen LogP contribution >= 0.6 is 11.3 Å². The van der Waals surface area contributed by atoms with Crippen LogP contribution in [0.2, 0.25) is 0 Å². The Morgan fingerprint density at radius 2 is 2.27 bits per heavy atom. The fourth-order valence-electron chi connectivity index (χ4n) is 2.39. The quantitative estimate of drug-likeness (QED) is 0.823. The molecule has 0 aliphatic heterocycles. The van der Waals surface area contributed by atoms with Crippen LogP contribution in [-0.2, 0) is 0 Å². The van der Waals surface area contributed by atoms with Gasteiger partial charge in [0.05, 0.1) is 0 Å². The van der Waals surface area contributed by atoms with Gasteiger partial charge in [0.15, 0.2) is 0 Å². The largest absolute Gasteiger partial charge is 0.314 e. The van der Waals surface area contributed by atoms with Gasteiger partial charge in [0.25, 0.3) is 0 Å². The molecule has 84 valence electrons. The Morgan fingerprint density at radius 1 is 1.47 bits per heavy atom. The van der Waals surface area contributed by atoms with Crippen molar-refractivity contribution < 1.29 is 0 Å². The van der Waals surface area contributed by atoms with E-state index in [1.165, 1.54) is 24.3 Å². The highest BCUT2D eigenvalue weighted by Crippen LogP contribution is 2.44. The molecule has 2 atom stereocenters. The van der Waals surface area contributed by atoms with Crippen molar-refractivity contribution in [1.29, 1.82) is 0 Å². The van der Waals surface area contributed by atoms with Crippen molar-refractivity contribution in [2.75, 3.05) is 6.54 Å². The molecule has 1 saturated carbocycles. The number of hydrogen-bond donors (Lipinski definition) is 1.